The molecule has 0 aliphatic heterocycles. The zero-order chi connectivity index (χ0) is 18.4. The molecule has 0 radical (unpaired) electrons. The highest BCUT2D eigenvalue weighted by atomic mass is 16.5. The van der Waals surface area contributed by atoms with E-state index in [2.05, 4.69) is 10.3 Å². The molecular formula is C20H21N3O3. The van der Waals surface area contributed by atoms with Gasteiger partial charge in [-0.05, 0) is 42.3 Å². The summed E-state index contributed by atoms with van der Waals surface area (Å²) in [5.74, 6) is 1.35. The molecule has 0 spiro atoms. The van der Waals surface area contributed by atoms with Crippen LogP contribution in [0.1, 0.15) is 16.1 Å². The van der Waals surface area contributed by atoms with Gasteiger partial charge < -0.3 is 19.4 Å². The van der Waals surface area contributed by atoms with Gasteiger partial charge in [-0.25, -0.2) is 0 Å². The van der Waals surface area contributed by atoms with Crippen LogP contribution in [0.5, 0.6) is 11.5 Å². The van der Waals surface area contributed by atoms with Gasteiger partial charge in [0.05, 0.1) is 26.1 Å². The van der Waals surface area contributed by atoms with E-state index in [1.165, 1.54) is 0 Å². The minimum atomic E-state index is -0.133. The first-order valence-electron chi connectivity index (χ1n) is 8.30. The van der Waals surface area contributed by atoms with Crippen LogP contribution in [0.3, 0.4) is 0 Å². The lowest BCUT2D eigenvalue weighted by Crippen LogP contribution is -2.27. The number of carbonyl (C=O) groups is 1. The Balaban J connectivity index is 1.65. The van der Waals surface area contributed by atoms with Crippen LogP contribution in [-0.2, 0) is 6.42 Å². The smallest absolute Gasteiger partial charge is 0.268 e. The normalized spacial score (nSPS) is 10.4. The third-order valence-electron chi connectivity index (χ3n) is 4.08. The second-order valence-electron chi connectivity index (χ2n) is 5.66. The maximum atomic E-state index is 12.5. The summed E-state index contributed by atoms with van der Waals surface area (Å²) in [7, 11) is 3.24. The molecule has 1 amide bonds. The molecule has 0 bridgehead atoms. The number of aromatic nitrogens is 2. The van der Waals surface area contributed by atoms with Crippen molar-refractivity contribution in [2.75, 3.05) is 20.8 Å². The van der Waals surface area contributed by atoms with Gasteiger partial charge in [-0.15, -0.1) is 0 Å². The molecule has 0 saturated heterocycles. The number of pyridine rings is 1. The zero-order valence-electron chi connectivity index (χ0n) is 14.8. The van der Waals surface area contributed by atoms with Gasteiger partial charge >= 0.3 is 0 Å². The predicted molar refractivity (Wildman–Crippen MR) is 99.1 cm³/mol. The molecular weight excluding hydrogens is 330 g/mol. The van der Waals surface area contributed by atoms with E-state index in [-0.39, 0.29) is 5.91 Å². The average molecular weight is 351 g/mol. The Morgan fingerprint density at radius 3 is 2.77 bits per heavy atom. The second kappa shape index (κ2) is 8.20. The molecule has 3 aromatic rings. The summed E-state index contributed by atoms with van der Waals surface area (Å²) < 4.78 is 12.4. The van der Waals surface area contributed by atoms with Crippen LogP contribution in [0.25, 0.3) is 5.69 Å². The number of amides is 1. The summed E-state index contributed by atoms with van der Waals surface area (Å²) in [6.45, 7) is 0.500. The molecule has 1 aromatic carbocycles. The van der Waals surface area contributed by atoms with E-state index in [0.717, 1.165) is 22.7 Å². The minimum Gasteiger partial charge on any atom is -0.497 e. The summed E-state index contributed by atoms with van der Waals surface area (Å²) in [6.07, 6.45) is 5.93. The maximum absolute atomic E-state index is 12.5. The molecule has 6 nitrogen and oxygen atoms in total. The first-order valence-corrected chi connectivity index (χ1v) is 8.30. The van der Waals surface area contributed by atoms with Crippen molar-refractivity contribution in [1.29, 1.82) is 0 Å². The summed E-state index contributed by atoms with van der Waals surface area (Å²) in [4.78, 5) is 16.6. The third kappa shape index (κ3) is 3.85. The Kier molecular flexibility index (Phi) is 5.53. The van der Waals surface area contributed by atoms with Crippen LogP contribution < -0.4 is 14.8 Å². The fraction of sp³-hybridized carbons (Fsp3) is 0.200. The first-order chi connectivity index (χ1) is 12.7. The Bertz CT molecular complexity index is 875. The van der Waals surface area contributed by atoms with Crippen LogP contribution in [-0.4, -0.2) is 36.2 Å². The third-order valence-corrected chi connectivity index (χ3v) is 4.08. The molecule has 26 heavy (non-hydrogen) atoms. The summed E-state index contributed by atoms with van der Waals surface area (Å²) in [5, 5.41) is 2.96. The molecule has 1 N–H and O–H groups in total. The van der Waals surface area contributed by atoms with Gasteiger partial charge in [0.25, 0.3) is 5.91 Å². The number of nitrogens with one attached hydrogen (secondary N) is 1. The topological polar surface area (TPSA) is 65.4 Å². The standard InChI is InChI=1S/C20H21N3O3/c1-25-17-8-7-15(19(13-17)26-2)9-11-22-20(24)18-6-4-12-23(18)16-5-3-10-21-14-16/h3-8,10,12-14H,9,11H2,1-2H3,(H,22,24). The summed E-state index contributed by atoms with van der Waals surface area (Å²) in [5.41, 5.74) is 2.43. The van der Waals surface area contributed by atoms with Crippen LogP contribution >= 0.6 is 0 Å². The largest absolute Gasteiger partial charge is 0.497 e. The average Bonchev–Trinajstić information content (AvgIpc) is 3.18. The van der Waals surface area contributed by atoms with Gasteiger partial charge in [0, 0.05) is 25.0 Å². The van der Waals surface area contributed by atoms with E-state index < -0.39 is 0 Å². The summed E-state index contributed by atoms with van der Waals surface area (Å²) in [6, 6.07) is 13.0. The lowest BCUT2D eigenvalue weighted by Gasteiger charge is -2.12. The number of benzene rings is 1. The zero-order valence-corrected chi connectivity index (χ0v) is 14.8. The molecule has 0 aliphatic carbocycles. The van der Waals surface area contributed by atoms with E-state index in [1.54, 1.807) is 32.7 Å². The number of carbonyl (C=O) groups excluding carboxylic acids is 1. The van der Waals surface area contributed by atoms with Crippen molar-refractivity contribution < 1.29 is 14.3 Å². The van der Waals surface area contributed by atoms with E-state index in [1.807, 2.05) is 47.2 Å². The highest BCUT2D eigenvalue weighted by Gasteiger charge is 2.12. The van der Waals surface area contributed by atoms with Crippen LogP contribution in [0.4, 0.5) is 0 Å². The van der Waals surface area contributed by atoms with Gasteiger partial charge in [0.15, 0.2) is 0 Å². The van der Waals surface area contributed by atoms with Crippen LogP contribution in [0, 0.1) is 0 Å². The minimum absolute atomic E-state index is 0.133. The highest BCUT2D eigenvalue weighted by molar-refractivity contribution is 5.93. The van der Waals surface area contributed by atoms with Gasteiger partial charge in [-0.2, -0.15) is 0 Å². The molecule has 3 rings (SSSR count). The van der Waals surface area contributed by atoms with E-state index in [0.29, 0.717) is 18.7 Å². The van der Waals surface area contributed by atoms with Crippen molar-refractivity contribution in [2.45, 2.75) is 6.42 Å². The van der Waals surface area contributed by atoms with Crippen molar-refractivity contribution >= 4 is 5.91 Å². The predicted octanol–water partition coefficient (Wildman–Crippen LogP) is 2.86. The molecule has 0 saturated carbocycles. The number of hydrogen-bond acceptors (Lipinski definition) is 4. The maximum Gasteiger partial charge on any atom is 0.268 e. The molecule has 0 atom stereocenters. The Labute approximate surface area is 152 Å². The number of nitrogens with zero attached hydrogens (tertiary/aromatic N) is 2. The molecule has 6 heteroatoms. The number of rotatable bonds is 7. The van der Waals surface area contributed by atoms with Gasteiger partial charge in [-0.3, -0.25) is 9.78 Å². The Hall–Kier alpha value is -3.28. The SMILES string of the molecule is COc1ccc(CCNC(=O)c2cccn2-c2cccnc2)c(OC)c1. The molecule has 2 heterocycles. The van der Waals surface area contributed by atoms with Crippen molar-refractivity contribution in [3.8, 4) is 17.2 Å². The Morgan fingerprint density at radius 1 is 1.15 bits per heavy atom. The van der Waals surface area contributed by atoms with Crippen LogP contribution in [0.15, 0.2) is 61.1 Å². The van der Waals surface area contributed by atoms with Crippen LogP contribution in [0.2, 0.25) is 0 Å². The molecule has 0 unspecified atom stereocenters. The molecule has 2 aromatic heterocycles. The van der Waals surface area contributed by atoms with Crippen molar-refractivity contribution in [3.63, 3.8) is 0 Å². The van der Waals surface area contributed by atoms with E-state index >= 15 is 0 Å². The number of hydrogen-bond donors (Lipinski definition) is 1. The van der Waals surface area contributed by atoms with Gasteiger partial charge in [-0.1, -0.05) is 6.07 Å². The molecule has 0 fully saturated rings. The lowest BCUT2D eigenvalue weighted by molar-refractivity contribution is 0.0947. The fourth-order valence-corrected chi connectivity index (χ4v) is 2.75. The number of methoxy groups -OCH3 is 2. The second-order valence-corrected chi connectivity index (χ2v) is 5.66. The van der Waals surface area contributed by atoms with E-state index in [4.69, 9.17) is 9.47 Å². The Morgan fingerprint density at radius 2 is 2.04 bits per heavy atom. The van der Waals surface area contributed by atoms with Crippen molar-refractivity contribution in [1.82, 2.24) is 14.9 Å². The molecule has 0 aliphatic rings. The fourth-order valence-electron chi connectivity index (χ4n) is 2.75. The van der Waals surface area contributed by atoms with Gasteiger partial charge in [0.1, 0.15) is 17.2 Å². The quantitative estimate of drug-likeness (QED) is 0.711. The van der Waals surface area contributed by atoms with Crippen molar-refractivity contribution in [2.24, 2.45) is 0 Å². The first kappa shape index (κ1) is 17.5. The monoisotopic (exact) mass is 351 g/mol. The lowest BCUT2D eigenvalue weighted by atomic mass is 10.1. The highest BCUT2D eigenvalue weighted by Crippen LogP contribution is 2.24. The molecule has 134 valence electrons. The van der Waals surface area contributed by atoms with E-state index in [9.17, 15) is 4.79 Å². The van der Waals surface area contributed by atoms with Crippen molar-refractivity contribution in [3.05, 3.63) is 72.3 Å². The summed E-state index contributed by atoms with van der Waals surface area (Å²) >= 11 is 0. The van der Waals surface area contributed by atoms with Gasteiger partial charge in [0.2, 0.25) is 0 Å². The number of ether oxygens (including phenoxy) is 2.